The maximum atomic E-state index is 11.9. The Morgan fingerprint density at radius 1 is 1.04 bits per heavy atom. The van der Waals surface area contributed by atoms with Crippen LogP contribution in [-0.2, 0) is 11.3 Å². The molecule has 3 rings (SSSR count). The molecule has 144 valence electrons. The van der Waals surface area contributed by atoms with Crippen molar-refractivity contribution in [1.82, 2.24) is 15.1 Å². The lowest BCUT2D eigenvalue weighted by atomic mass is 9.89. The van der Waals surface area contributed by atoms with Gasteiger partial charge in [0, 0.05) is 57.1 Å². The highest BCUT2D eigenvalue weighted by molar-refractivity contribution is 6.17. The molecule has 1 amide bonds. The summed E-state index contributed by atoms with van der Waals surface area (Å²) in [5, 5.41) is 3.19. The van der Waals surface area contributed by atoms with Gasteiger partial charge in [0.1, 0.15) is 0 Å². The molecule has 1 aliphatic carbocycles. The van der Waals surface area contributed by atoms with Crippen LogP contribution in [0.1, 0.15) is 44.1 Å². The van der Waals surface area contributed by atoms with Gasteiger partial charge in [-0.05, 0) is 37.7 Å². The van der Waals surface area contributed by atoms with Crippen LogP contribution in [0.2, 0.25) is 0 Å². The standard InChI is InChI=1S/C21H32ClN3O/c22-12-4-7-21(26)23-19-8-10-20(11-9-19)25-15-13-24(14-16-25)17-18-5-2-1-3-6-18/h1-3,5-6,19-20H,4,7-17H2,(H,23,26). The third-order valence-electron chi connectivity index (χ3n) is 5.77. The van der Waals surface area contributed by atoms with E-state index in [0.717, 1.165) is 38.9 Å². The number of carbonyl (C=O) groups is 1. The number of hydrogen-bond donors (Lipinski definition) is 1. The largest absolute Gasteiger partial charge is 0.353 e. The van der Waals surface area contributed by atoms with E-state index in [9.17, 15) is 4.79 Å². The van der Waals surface area contributed by atoms with Gasteiger partial charge in [0.25, 0.3) is 0 Å². The minimum atomic E-state index is 0.170. The summed E-state index contributed by atoms with van der Waals surface area (Å²) in [5.41, 5.74) is 1.41. The molecule has 0 atom stereocenters. The molecule has 0 spiro atoms. The highest BCUT2D eigenvalue weighted by Crippen LogP contribution is 2.24. The van der Waals surface area contributed by atoms with Gasteiger partial charge in [-0.1, -0.05) is 30.3 Å². The van der Waals surface area contributed by atoms with Crippen molar-refractivity contribution in [2.45, 2.75) is 57.2 Å². The average Bonchev–Trinajstić information content (AvgIpc) is 2.68. The minimum Gasteiger partial charge on any atom is -0.353 e. The van der Waals surface area contributed by atoms with Crippen LogP contribution in [-0.4, -0.2) is 59.8 Å². The second-order valence-electron chi connectivity index (χ2n) is 7.66. The average molecular weight is 378 g/mol. The van der Waals surface area contributed by atoms with Crippen molar-refractivity contribution in [3.8, 4) is 0 Å². The lowest BCUT2D eigenvalue weighted by molar-refractivity contribution is -0.122. The molecule has 0 bridgehead atoms. The van der Waals surface area contributed by atoms with Gasteiger partial charge in [0.05, 0.1) is 0 Å². The van der Waals surface area contributed by atoms with E-state index in [4.69, 9.17) is 11.6 Å². The first-order valence-electron chi connectivity index (χ1n) is 10.1. The fourth-order valence-electron chi connectivity index (χ4n) is 4.24. The Balaban J connectivity index is 1.35. The number of piperazine rings is 1. The van der Waals surface area contributed by atoms with Crippen molar-refractivity contribution in [3.05, 3.63) is 35.9 Å². The van der Waals surface area contributed by atoms with E-state index in [1.165, 1.54) is 31.5 Å². The molecule has 1 aromatic rings. The van der Waals surface area contributed by atoms with Crippen molar-refractivity contribution < 1.29 is 4.79 Å². The molecule has 26 heavy (non-hydrogen) atoms. The molecule has 1 N–H and O–H groups in total. The number of halogens is 1. The molecule has 0 aromatic heterocycles. The number of benzene rings is 1. The number of nitrogens with one attached hydrogen (secondary N) is 1. The first-order chi connectivity index (χ1) is 12.7. The predicted octanol–water partition coefficient (Wildman–Crippen LogP) is 3.25. The quantitative estimate of drug-likeness (QED) is 0.741. The Kier molecular flexibility index (Phi) is 7.78. The van der Waals surface area contributed by atoms with E-state index in [1.807, 2.05) is 0 Å². The van der Waals surface area contributed by atoms with E-state index < -0.39 is 0 Å². The van der Waals surface area contributed by atoms with Gasteiger partial charge in [-0.2, -0.15) is 0 Å². The fourth-order valence-corrected chi connectivity index (χ4v) is 4.37. The van der Waals surface area contributed by atoms with Crippen LogP contribution in [0.15, 0.2) is 30.3 Å². The summed E-state index contributed by atoms with van der Waals surface area (Å²) in [6.07, 6.45) is 5.98. The Hall–Kier alpha value is -1.10. The van der Waals surface area contributed by atoms with Crippen LogP contribution >= 0.6 is 11.6 Å². The van der Waals surface area contributed by atoms with Crippen molar-refractivity contribution >= 4 is 17.5 Å². The van der Waals surface area contributed by atoms with Crippen LogP contribution in [0.3, 0.4) is 0 Å². The SMILES string of the molecule is O=C(CCCCl)NC1CCC(N2CCN(Cc3ccccc3)CC2)CC1. The zero-order chi connectivity index (χ0) is 18.2. The molecule has 1 saturated carbocycles. The normalized spacial score (nSPS) is 25.1. The summed E-state index contributed by atoms with van der Waals surface area (Å²) in [7, 11) is 0. The molecular formula is C21H32ClN3O. The Morgan fingerprint density at radius 3 is 2.38 bits per heavy atom. The Morgan fingerprint density at radius 2 is 1.73 bits per heavy atom. The van der Waals surface area contributed by atoms with Crippen molar-refractivity contribution in [2.24, 2.45) is 0 Å². The molecule has 2 aliphatic rings. The van der Waals surface area contributed by atoms with Crippen molar-refractivity contribution in [1.29, 1.82) is 0 Å². The number of rotatable bonds is 7. The van der Waals surface area contributed by atoms with Crippen molar-refractivity contribution in [3.63, 3.8) is 0 Å². The summed E-state index contributed by atoms with van der Waals surface area (Å²) in [4.78, 5) is 17.1. The molecule has 1 saturated heterocycles. The van der Waals surface area contributed by atoms with Gasteiger partial charge >= 0.3 is 0 Å². The summed E-state index contributed by atoms with van der Waals surface area (Å²) < 4.78 is 0. The molecule has 1 aliphatic heterocycles. The highest BCUT2D eigenvalue weighted by Gasteiger charge is 2.28. The van der Waals surface area contributed by atoms with Crippen LogP contribution < -0.4 is 5.32 Å². The molecule has 4 nitrogen and oxygen atoms in total. The van der Waals surface area contributed by atoms with E-state index >= 15 is 0 Å². The lowest BCUT2D eigenvalue weighted by Gasteiger charge is -2.42. The predicted molar refractivity (Wildman–Crippen MR) is 107 cm³/mol. The lowest BCUT2D eigenvalue weighted by Crippen LogP contribution is -2.52. The number of nitrogens with zero attached hydrogens (tertiary/aromatic N) is 2. The smallest absolute Gasteiger partial charge is 0.220 e. The first kappa shape index (κ1) is 19.7. The Bertz CT molecular complexity index is 537. The highest BCUT2D eigenvalue weighted by atomic mass is 35.5. The maximum Gasteiger partial charge on any atom is 0.220 e. The zero-order valence-electron chi connectivity index (χ0n) is 15.7. The first-order valence-corrected chi connectivity index (χ1v) is 10.6. The maximum absolute atomic E-state index is 11.9. The topological polar surface area (TPSA) is 35.6 Å². The van der Waals surface area contributed by atoms with E-state index in [2.05, 4.69) is 45.4 Å². The van der Waals surface area contributed by atoms with Gasteiger partial charge in [-0.15, -0.1) is 11.6 Å². The third-order valence-corrected chi connectivity index (χ3v) is 6.04. The Labute approximate surface area is 162 Å². The minimum absolute atomic E-state index is 0.170. The molecule has 0 radical (unpaired) electrons. The van der Waals surface area contributed by atoms with Crippen LogP contribution in [0, 0.1) is 0 Å². The van der Waals surface area contributed by atoms with E-state index in [-0.39, 0.29) is 5.91 Å². The molecular weight excluding hydrogens is 346 g/mol. The number of hydrogen-bond acceptors (Lipinski definition) is 3. The third kappa shape index (κ3) is 5.97. The van der Waals surface area contributed by atoms with E-state index in [0.29, 0.717) is 24.4 Å². The summed E-state index contributed by atoms with van der Waals surface area (Å²) in [6, 6.07) is 11.8. The van der Waals surface area contributed by atoms with Crippen molar-refractivity contribution in [2.75, 3.05) is 32.1 Å². The van der Waals surface area contributed by atoms with E-state index in [1.54, 1.807) is 0 Å². The summed E-state index contributed by atoms with van der Waals surface area (Å²) >= 11 is 5.66. The monoisotopic (exact) mass is 377 g/mol. The van der Waals surface area contributed by atoms with Gasteiger partial charge < -0.3 is 5.32 Å². The van der Waals surface area contributed by atoms with Crippen LogP contribution in [0.5, 0.6) is 0 Å². The molecule has 1 heterocycles. The molecule has 2 fully saturated rings. The second-order valence-corrected chi connectivity index (χ2v) is 8.04. The second kappa shape index (κ2) is 10.3. The number of amides is 1. The van der Waals surface area contributed by atoms with Crippen LogP contribution in [0.4, 0.5) is 0 Å². The van der Waals surface area contributed by atoms with Gasteiger partial charge in [0.15, 0.2) is 0 Å². The number of alkyl halides is 1. The van der Waals surface area contributed by atoms with Gasteiger partial charge in [-0.25, -0.2) is 0 Å². The molecule has 1 aromatic carbocycles. The summed E-state index contributed by atoms with van der Waals surface area (Å²) in [5.74, 6) is 0.736. The molecule has 5 heteroatoms. The number of carbonyl (C=O) groups excluding carboxylic acids is 1. The van der Waals surface area contributed by atoms with Gasteiger partial charge in [-0.3, -0.25) is 14.6 Å². The summed E-state index contributed by atoms with van der Waals surface area (Å²) in [6.45, 7) is 5.72. The fraction of sp³-hybridized carbons (Fsp3) is 0.667. The van der Waals surface area contributed by atoms with Crippen LogP contribution in [0.25, 0.3) is 0 Å². The molecule has 0 unspecified atom stereocenters. The zero-order valence-corrected chi connectivity index (χ0v) is 16.5. The van der Waals surface area contributed by atoms with Gasteiger partial charge in [0.2, 0.25) is 5.91 Å².